The molecule has 0 atom stereocenters. The fourth-order valence-corrected chi connectivity index (χ4v) is 3.96. The molecule has 5 heteroatoms. The first kappa shape index (κ1) is 15.0. The highest BCUT2D eigenvalue weighted by Gasteiger charge is 2.31. The van der Waals surface area contributed by atoms with Crippen LogP contribution in [-0.2, 0) is 13.1 Å². The maximum absolute atomic E-state index is 4.67. The average Bonchev–Trinajstić information content (AvgIpc) is 2.97. The topological polar surface area (TPSA) is 28.2 Å². The van der Waals surface area contributed by atoms with Crippen LogP contribution in [0, 0.1) is 5.92 Å². The van der Waals surface area contributed by atoms with Crippen LogP contribution in [0.5, 0.6) is 0 Å². The fourth-order valence-electron chi connectivity index (χ4n) is 2.31. The van der Waals surface area contributed by atoms with Crippen LogP contribution < -0.4 is 10.2 Å². The number of rotatable bonds is 8. The molecule has 0 amide bonds. The summed E-state index contributed by atoms with van der Waals surface area (Å²) in [5, 5.41) is 6.84. The van der Waals surface area contributed by atoms with Gasteiger partial charge in [0, 0.05) is 28.5 Å². The minimum absolute atomic E-state index is 0.694. The van der Waals surface area contributed by atoms with E-state index in [4.69, 9.17) is 0 Å². The first-order valence-electron chi connectivity index (χ1n) is 7.67. The zero-order valence-electron chi connectivity index (χ0n) is 12.7. The molecule has 1 aliphatic carbocycles. The monoisotopic (exact) mass is 321 g/mol. The van der Waals surface area contributed by atoms with Gasteiger partial charge in [-0.2, -0.15) is 0 Å². The molecule has 0 aromatic carbocycles. The van der Waals surface area contributed by atoms with Gasteiger partial charge in [-0.25, -0.2) is 4.98 Å². The lowest BCUT2D eigenvalue weighted by Crippen LogP contribution is -2.24. The van der Waals surface area contributed by atoms with E-state index < -0.39 is 0 Å². The average molecular weight is 322 g/mol. The molecule has 21 heavy (non-hydrogen) atoms. The van der Waals surface area contributed by atoms with Crippen molar-refractivity contribution in [2.24, 2.45) is 5.92 Å². The molecule has 2 heterocycles. The molecule has 0 saturated heterocycles. The Labute approximate surface area is 135 Å². The molecule has 0 unspecified atom stereocenters. The predicted octanol–water partition coefficient (Wildman–Crippen LogP) is 4.12. The predicted molar refractivity (Wildman–Crippen MR) is 92.2 cm³/mol. The van der Waals surface area contributed by atoms with Gasteiger partial charge in [-0.15, -0.1) is 22.7 Å². The van der Waals surface area contributed by atoms with Crippen LogP contribution in [0.2, 0.25) is 0 Å². The number of thiazole rings is 1. The van der Waals surface area contributed by atoms with Crippen molar-refractivity contribution in [3.05, 3.63) is 33.5 Å². The third-order valence-electron chi connectivity index (χ3n) is 3.53. The van der Waals surface area contributed by atoms with E-state index in [0.29, 0.717) is 12.0 Å². The van der Waals surface area contributed by atoms with Crippen LogP contribution >= 0.6 is 22.7 Å². The molecule has 114 valence electrons. The fraction of sp³-hybridized carbons (Fsp3) is 0.562. The van der Waals surface area contributed by atoms with Gasteiger partial charge in [0.05, 0.1) is 6.54 Å². The number of nitrogens with one attached hydrogen (secondary N) is 1. The highest BCUT2D eigenvalue weighted by molar-refractivity contribution is 7.15. The van der Waals surface area contributed by atoms with Crippen LogP contribution in [0.4, 0.5) is 5.13 Å². The second kappa shape index (κ2) is 6.90. The summed E-state index contributed by atoms with van der Waals surface area (Å²) < 4.78 is 0. The minimum atomic E-state index is 0.694. The Bertz CT molecular complexity index is 544. The Balaban J connectivity index is 1.62. The highest BCUT2D eigenvalue weighted by Crippen LogP contribution is 2.35. The van der Waals surface area contributed by atoms with Gasteiger partial charge >= 0.3 is 0 Å². The molecule has 2 aromatic heterocycles. The summed E-state index contributed by atoms with van der Waals surface area (Å²) >= 11 is 3.68. The molecular weight excluding hydrogens is 298 g/mol. The number of aromatic nitrogens is 1. The minimum Gasteiger partial charge on any atom is -0.340 e. The normalized spacial score (nSPS) is 14.8. The maximum Gasteiger partial charge on any atom is 0.186 e. The third-order valence-corrected chi connectivity index (χ3v) is 5.43. The van der Waals surface area contributed by atoms with E-state index >= 15 is 0 Å². The second-order valence-electron chi connectivity index (χ2n) is 6.07. The smallest absolute Gasteiger partial charge is 0.186 e. The van der Waals surface area contributed by atoms with Crippen molar-refractivity contribution in [2.75, 3.05) is 11.4 Å². The van der Waals surface area contributed by atoms with Gasteiger partial charge in [0.15, 0.2) is 5.13 Å². The van der Waals surface area contributed by atoms with E-state index in [1.807, 2.05) is 28.9 Å². The molecule has 3 rings (SSSR count). The quantitative estimate of drug-likeness (QED) is 0.793. The van der Waals surface area contributed by atoms with E-state index in [-0.39, 0.29) is 0 Å². The number of nitrogens with zero attached hydrogens (tertiary/aromatic N) is 2. The zero-order valence-corrected chi connectivity index (χ0v) is 14.3. The lowest BCUT2D eigenvalue weighted by Gasteiger charge is -2.20. The Hall–Kier alpha value is -0.910. The summed E-state index contributed by atoms with van der Waals surface area (Å²) in [6.45, 7) is 7.48. The maximum atomic E-state index is 4.67. The third kappa shape index (κ3) is 4.28. The molecule has 0 bridgehead atoms. The SMILES string of the molecule is CC(C)CNCc1cnc(N(Cc2cccs2)C2CC2)s1. The highest BCUT2D eigenvalue weighted by atomic mass is 32.1. The van der Waals surface area contributed by atoms with Crippen LogP contribution in [0.15, 0.2) is 23.7 Å². The van der Waals surface area contributed by atoms with Gasteiger partial charge in [-0.3, -0.25) is 0 Å². The molecule has 1 N–H and O–H groups in total. The molecule has 1 fully saturated rings. The van der Waals surface area contributed by atoms with E-state index in [1.54, 1.807) is 0 Å². The molecule has 0 spiro atoms. The lowest BCUT2D eigenvalue weighted by atomic mass is 10.2. The van der Waals surface area contributed by atoms with Crippen molar-refractivity contribution in [3.8, 4) is 0 Å². The zero-order chi connectivity index (χ0) is 14.7. The van der Waals surface area contributed by atoms with E-state index in [2.05, 4.69) is 46.6 Å². The number of anilines is 1. The van der Waals surface area contributed by atoms with E-state index in [0.717, 1.165) is 19.6 Å². The van der Waals surface area contributed by atoms with Crippen LogP contribution in [0.25, 0.3) is 0 Å². The van der Waals surface area contributed by atoms with E-state index in [1.165, 1.54) is 27.7 Å². The Morgan fingerprint density at radius 3 is 2.90 bits per heavy atom. The number of thiophene rings is 1. The molecule has 1 saturated carbocycles. The first-order chi connectivity index (χ1) is 10.2. The lowest BCUT2D eigenvalue weighted by molar-refractivity contribution is 0.554. The summed E-state index contributed by atoms with van der Waals surface area (Å²) in [5.41, 5.74) is 0. The number of hydrogen-bond acceptors (Lipinski definition) is 5. The molecule has 0 aliphatic heterocycles. The molecule has 2 aromatic rings. The van der Waals surface area contributed by atoms with Gasteiger partial charge < -0.3 is 10.2 Å². The van der Waals surface area contributed by atoms with Crippen molar-refractivity contribution >= 4 is 27.8 Å². The summed E-state index contributed by atoms with van der Waals surface area (Å²) in [7, 11) is 0. The van der Waals surface area contributed by atoms with Crippen molar-refractivity contribution in [3.63, 3.8) is 0 Å². The summed E-state index contributed by atoms with van der Waals surface area (Å²) in [5.74, 6) is 0.694. The summed E-state index contributed by atoms with van der Waals surface area (Å²) in [6.07, 6.45) is 4.66. The Morgan fingerprint density at radius 1 is 1.38 bits per heavy atom. The molecule has 3 nitrogen and oxygen atoms in total. The standard InChI is InChI=1S/C16H23N3S2/c1-12(2)8-17-9-15-10-18-16(21-15)19(13-5-6-13)11-14-4-3-7-20-14/h3-4,7,10,12-13,17H,5-6,8-9,11H2,1-2H3. The molecular formula is C16H23N3S2. The van der Waals surface area contributed by atoms with Gasteiger partial charge in [-0.1, -0.05) is 19.9 Å². The molecule has 0 radical (unpaired) electrons. The Kier molecular flexibility index (Phi) is 4.93. The van der Waals surface area contributed by atoms with E-state index in [9.17, 15) is 0 Å². The first-order valence-corrected chi connectivity index (χ1v) is 9.36. The second-order valence-corrected chi connectivity index (χ2v) is 8.20. The van der Waals surface area contributed by atoms with Crippen LogP contribution in [0.3, 0.4) is 0 Å². The summed E-state index contributed by atoms with van der Waals surface area (Å²) in [4.78, 5) is 9.92. The van der Waals surface area contributed by atoms with Crippen molar-refractivity contribution in [1.29, 1.82) is 0 Å². The summed E-state index contributed by atoms with van der Waals surface area (Å²) in [6, 6.07) is 5.06. The Morgan fingerprint density at radius 2 is 2.24 bits per heavy atom. The van der Waals surface area contributed by atoms with Gasteiger partial charge in [-0.05, 0) is 36.8 Å². The molecule has 1 aliphatic rings. The van der Waals surface area contributed by atoms with Crippen LogP contribution in [-0.4, -0.2) is 17.6 Å². The van der Waals surface area contributed by atoms with Crippen molar-refractivity contribution in [1.82, 2.24) is 10.3 Å². The van der Waals surface area contributed by atoms with Gasteiger partial charge in [0.25, 0.3) is 0 Å². The van der Waals surface area contributed by atoms with Gasteiger partial charge in [0.2, 0.25) is 0 Å². The largest absolute Gasteiger partial charge is 0.340 e. The van der Waals surface area contributed by atoms with Crippen LogP contribution in [0.1, 0.15) is 36.4 Å². The van der Waals surface area contributed by atoms with Crippen molar-refractivity contribution in [2.45, 2.75) is 45.8 Å². The number of hydrogen-bond donors (Lipinski definition) is 1. The van der Waals surface area contributed by atoms with Gasteiger partial charge in [0.1, 0.15) is 0 Å². The van der Waals surface area contributed by atoms with Crippen molar-refractivity contribution < 1.29 is 0 Å².